The van der Waals surface area contributed by atoms with Gasteiger partial charge in [-0.1, -0.05) is 30.3 Å². The highest BCUT2D eigenvalue weighted by Gasteiger charge is 2.32. The fraction of sp³-hybridized carbons (Fsp3) is 0.304. The van der Waals surface area contributed by atoms with Crippen LogP contribution in [0.25, 0.3) is 0 Å². The lowest BCUT2D eigenvalue weighted by Crippen LogP contribution is -2.43. The Bertz CT molecular complexity index is 943. The zero-order valence-corrected chi connectivity index (χ0v) is 17.3. The summed E-state index contributed by atoms with van der Waals surface area (Å²) >= 11 is 0. The van der Waals surface area contributed by atoms with E-state index in [1.165, 1.54) is 7.11 Å². The normalized spacial score (nSPS) is 14.5. The number of esters is 1. The van der Waals surface area contributed by atoms with Gasteiger partial charge in [-0.3, -0.25) is 19.2 Å². The van der Waals surface area contributed by atoms with Gasteiger partial charge in [-0.15, -0.1) is 0 Å². The predicted octanol–water partition coefficient (Wildman–Crippen LogP) is 2.28. The second kappa shape index (κ2) is 10.4. The number of piperidine rings is 1. The molecule has 8 heteroatoms. The average Bonchev–Trinajstić information content (AvgIpc) is 2.80. The molecule has 1 atom stereocenters. The molecule has 1 heterocycles. The lowest BCUT2D eigenvalue weighted by atomic mass is 10.0. The molecule has 0 aromatic heterocycles. The topological polar surface area (TPSA) is 105 Å². The molecule has 2 N–H and O–H groups in total. The third kappa shape index (κ3) is 5.69. The minimum atomic E-state index is -0.725. The van der Waals surface area contributed by atoms with Gasteiger partial charge in [0, 0.05) is 24.2 Å². The first kappa shape index (κ1) is 22.0. The molecule has 0 aliphatic carbocycles. The van der Waals surface area contributed by atoms with Crippen LogP contribution >= 0.6 is 0 Å². The van der Waals surface area contributed by atoms with Gasteiger partial charge in [-0.25, -0.2) is 0 Å². The van der Waals surface area contributed by atoms with E-state index < -0.39 is 17.9 Å². The Hall–Kier alpha value is -3.68. The molecule has 1 aliphatic heterocycles. The summed E-state index contributed by atoms with van der Waals surface area (Å²) in [6.07, 6.45) is 2.13. The van der Waals surface area contributed by atoms with Crippen molar-refractivity contribution in [2.75, 3.05) is 25.5 Å². The van der Waals surface area contributed by atoms with Crippen LogP contribution in [0.1, 0.15) is 41.2 Å². The van der Waals surface area contributed by atoms with Gasteiger partial charge < -0.3 is 20.3 Å². The van der Waals surface area contributed by atoms with E-state index in [0.29, 0.717) is 24.2 Å². The Kier molecular flexibility index (Phi) is 7.37. The van der Waals surface area contributed by atoms with Crippen LogP contribution in [-0.2, 0) is 19.1 Å². The van der Waals surface area contributed by atoms with Crippen molar-refractivity contribution in [3.8, 4) is 0 Å². The molecule has 1 aliphatic rings. The molecule has 0 bridgehead atoms. The molecule has 0 spiro atoms. The number of carbonyl (C=O) groups excluding carboxylic acids is 4. The molecule has 31 heavy (non-hydrogen) atoms. The molecule has 162 valence electrons. The summed E-state index contributed by atoms with van der Waals surface area (Å²) in [6.45, 7) is 0.307. The number of carbonyl (C=O) groups is 4. The van der Waals surface area contributed by atoms with Gasteiger partial charge in [-0.2, -0.15) is 0 Å². The van der Waals surface area contributed by atoms with E-state index in [1.54, 1.807) is 29.2 Å². The quantitative estimate of drug-likeness (QED) is 0.665. The molecule has 3 rings (SSSR count). The van der Waals surface area contributed by atoms with E-state index in [0.717, 1.165) is 18.4 Å². The molecule has 0 saturated carbocycles. The summed E-state index contributed by atoms with van der Waals surface area (Å²) in [5, 5.41) is 5.30. The van der Waals surface area contributed by atoms with Crippen molar-refractivity contribution in [1.82, 2.24) is 10.2 Å². The van der Waals surface area contributed by atoms with Crippen molar-refractivity contribution in [3.63, 3.8) is 0 Å². The van der Waals surface area contributed by atoms with Crippen LogP contribution in [0.15, 0.2) is 54.6 Å². The van der Waals surface area contributed by atoms with Gasteiger partial charge in [0.25, 0.3) is 11.8 Å². The van der Waals surface area contributed by atoms with Crippen LogP contribution in [0.4, 0.5) is 5.69 Å². The lowest BCUT2D eigenvalue weighted by molar-refractivity contribution is -0.141. The summed E-state index contributed by atoms with van der Waals surface area (Å²) in [5.74, 6) is -1.32. The Morgan fingerprint density at radius 1 is 1.03 bits per heavy atom. The molecule has 1 fully saturated rings. The SMILES string of the molecule is COC(=O)CNC(=O)c1ccc(NC(=O)C(c2ccccc2)N2CCCCC2=O)cc1. The molecule has 1 unspecified atom stereocenters. The van der Waals surface area contributed by atoms with Crippen LogP contribution in [-0.4, -0.2) is 48.8 Å². The summed E-state index contributed by atoms with van der Waals surface area (Å²) in [5.41, 5.74) is 1.58. The van der Waals surface area contributed by atoms with Crippen LogP contribution < -0.4 is 10.6 Å². The highest BCUT2D eigenvalue weighted by molar-refractivity contribution is 5.99. The van der Waals surface area contributed by atoms with Crippen molar-refractivity contribution in [3.05, 3.63) is 65.7 Å². The summed E-state index contributed by atoms with van der Waals surface area (Å²) in [4.78, 5) is 50.5. The average molecular weight is 423 g/mol. The van der Waals surface area contributed by atoms with E-state index in [1.807, 2.05) is 30.3 Å². The minimum Gasteiger partial charge on any atom is -0.468 e. The standard InChI is InChI=1S/C23H25N3O5/c1-31-20(28)15-24-22(29)17-10-12-18(13-11-17)25-23(30)21(16-7-3-2-4-8-16)26-14-6-5-9-19(26)27/h2-4,7-8,10-13,21H,5-6,9,14-15H2,1H3,(H,24,29)(H,25,30). The number of ether oxygens (including phenoxy) is 1. The van der Waals surface area contributed by atoms with E-state index >= 15 is 0 Å². The molecular formula is C23H25N3O5. The third-order valence-corrected chi connectivity index (χ3v) is 5.07. The molecular weight excluding hydrogens is 398 g/mol. The van der Waals surface area contributed by atoms with Gasteiger partial charge >= 0.3 is 5.97 Å². The maximum Gasteiger partial charge on any atom is 0.325 e. The summed E-state index contributed by atoms with van der Waals surface area (Å²) in [7, 11) is 1.24. The van der Waals surface area contributed by atoms with Crippen molar-refractivity contribution in [2.24, 2.45) is 0 Å². The maximum absolute atomic E-state index is 13.2. The van der Waals surface area contributed by atoms with Crippen LogP contribution in [0.2, 0.25) is 0 Å². The smallest absolute Gasteiger partial charge is 0.325 e. The second-order valence-electron chi connectivity index (χ2n) is 7.18. The lowest BCUT2D eigenvalue weighted by Gasteiger charge is -2.34. The number of likely N-dealkylation sites (tertiary alicyclic amines) is 1. The largest absolute Gasteiger partial charge is 0.468 e. The van der Waals surface area contributed by atoms with Crippen LogP contribution in [0.5, 0.6) is 0 Å². The molecule has 2 aromatic rings. The van der Waals surface area contributed by atoms with Crippen molar-refractivity contribution < 1.29 is 23.9 Å². The highest BCUT2D eigenvalue weighted by Crippen LogP contribution is 2.27. The van der Waals surface area contributed by atoms with E-state index in [4.69, 9.17) is 0 Å². The third-order valence-electron chi connectivity index (χ3n) is 5.07. The number of nitrogens with one attached hydrogen (secondary N) is 2. The maximum atomic E-state index is 13.2. The van der Waals surface area contributed by atoms with E-state index in [-0.39, 0.29) is 18.4 Å². The molecule has 1 saturated heterocycles. The Morgan fingerprint density at radius 2 is 1.74 bits per heavy atom. The highest BCUT2D eigenvalue weighted by atomic mass is 16.5. The second-order valence-corrected chi connectivity index (χ2v) is 7.18. The van der Waals surface area contributed by atoms with Crippen LogP contribution in [0.3, 0.4) is 0 Å². The summed E-state index contributed by atoms with van der Waals surface area (Å²) in [6, 6.07) is 14.8. The first-order chi connectivity index (χ1) is 15.0. The van der Waals surface area contributed by atoms with Crippen molar-refractivity contribution in [1.29, 1.82) is 0 Å². The number of benzene rings is 2. The number of anilines is 1. The molecule has 8 nitrogen and oxygen atoms in total. The van der Waals surface area contributed by atoms with Crippen molar-refractivity contribution >= 4 is 29.4 Å². The molecule has 0 radical (unpaired) electrons. The van der Waals surface area contributed by atoms with Gasteiger partial charge in [0.05, 0.1) is 7.11 Å². The monoisotopic (exact) mass is 423 g/mol. The number of rotatable bonds is 7. The summed E-state index contributed by atoms with van der Waals surface area (Å²) < 4.78 is 4.49. The fourth-order valence-electron chi connectivity index (χ4n) is 3.45. The van der Waals surface area contributed by atoms with Gasteiger partial charge in [0.2, 0.25) is 5.91 Å². The van der Waals surface area contributed by atoms with Crippen molar-refractivity contribution in [2.45, 2.75) is 25.3 Å². The zero-order chi connectivity index (χ0) is 22.2. The number of hydrogen-bond acceptors (Lipinski definition) is 5. The first-order valence-electron chi connectivity index (χ1n) is 10.1. The number of amides is 3. The van der Waals surface area contributed by atoms with Gasteiger partial charge in [-0.05, 0) is 42.7 Å². The zero-order valence-electron chi connectivity index (χ0n) is 17.3. The van der Waals surface area contributed by atoms with Gasteiger partial charge in [0.15, 0.2) is 0 Å². The number of methoxy groups -OCH3 is 1. The van der Waals surface area contributed by atoms with E-state index in [2.05, 4.69) is 15.4 Å². The fourth-order valence-corrected chi connectivity index (χ4v) is 3.45. The predicted molar refractivity (Wildman–Crippen MR) is 114 cm³/mol. The molecule has 2 aromatic carbocycles. The Morgan fingerprint density at radius 3 is 2.39 bits per heavy atom. The van der Waals surface area contributed by atoms with E-state index in [9.17, 15) is 19.2 Å². The number of hydrogen-bond donors (Lipinski definition) is 2. The van der Waals surface area contributed by atoms with Gasteiger partial charge in [0.1, 0.15) is 12.6 Å². The Balaban J connectivity index is 1.72. The Labute approximate surface area is 180 Å². The first-order valence-corrected chi connectivity index (χ1v) is 10.1. The number of nitrogens with zero attached hydrogens (tertiary/aromatic N) is 1. The minimum absolute atomic E-state index is 0.0344. The molecule has 3 amide bonds. The van der Waals surface area contributed by atoms with Crippen LogP contribution in [0, 0.1) is 0 Å².